The summed E-state index contributed by atoms with van der Waals surface area (Å²) in [5.74, 6) is 0.756. The van der Waals surface area contributed by atoms with Crippen molar-refractivity contribution < 1.29 is 14.3 Å². The van der Waals surface area contributed by atoms with Crippen molar-refractivity contribution in [3.63, 3.8) is 0 Å². The maximum absolute atomic E-state index is 13.2. The summed E-state index contributed by atoms with van der Waals surface area (Å²) >= 11 is 0. The van der Waals surface area contributed by atoms with E-state index in [1.807, 2.05) is 47.4 Å². The molecule has 1 N–H and O–H groups in total. The van der Waals surface area contributed by atoms with Crippen LogP contribution in [-0.2, 0) is 11.3 Å². The van der Waals surface area contributed by atoms with Crippen LogP contribution >= 0.6 is 0 Å². The Morgan fingerprint density at radius 3 is 2.71 bits per heavy atom. The van der Waals surface area contributed by atoms with Crippen LogP contribution in [0, 0.1) is 0 Å². The predicted molar refractivity (Wildman–Crippen MR) is 110 cm³/mol. The highest BCUT2D eigenvalue weighted by Gasteiger charge is 2.42. The van der Waals surface area contributed by atoms with E-state index in [4.69, 9.17) is 9.47 Å². The van der Waals surface area contributed by atoms with Gasteiger partial charge in [-0.1, -0.05) is 36.4 Å². The minimum atomic E-state index is -0.264. The zero-order chi connectivity index (χ0) is 19.7. The smallest absolute Gasteiger partial charge is 0.270 e. The molecule has 5 heteroatoms. The molecule has 3 aromatic rings. The Labute approximate surface area is 165 Å². The van der Waals surface area contributed by atoms with Crippen LogP contribution in [0.4, 0.5) is 0 Å². The van der Waals surface area contributed by atoms with Crippen molar-refractivity contribution in [3.05, 3.63) is 65.9 Å². The van der Waals surface area contributed by atoms with E-state index >= 15 is 0 Å². The van der Waals surface area contributed by atoms with Gasteiger partial charge in [0, 0.05) is 23.0 Å². The SMILES string of the molecule is COc1cccc2[nH]c(C(=O)N3CC(OCc4ccccc4)CC3(C)C)cc12. The lowest BCUT2D eigenvalue weighted by Gasteiger charge is -2.30. The Hall–Kier alpha value is -2.79. The largest absolute Gasteiger partial charge is 0.496 e. The summed E-state index contributed by atoms with van der Waals surface area (Å²) in [6.45, 7) is 5.35. The molecular weight excluding hydrogens is 352 g/mol. The van der Waals surface area contributed by atoms with Crippen molar-refractivity contribution in [2.24, 2.45) is 0 Å². The third-order valence-corrected chi connectivity index (χ3v) is 5.49. The van der Waals surface area contributed by atoms with Crippen LogP contribution in [0.3, 0.4) is 0 Å². The molecule has 0 aliphatic carbocycles. The molecule has 2 heterocycles. The van der Waals surface area contributed by atoms with Crippen molar-refractivity contribution in [2.45, 2.75) is 38.5 Å². The zero-order valence-electron chi connectivity index (χ0n) is 16.6. The molecule has 1 saturated heterocycles. The molecule has 1 unspecified atom stereocenters. The Balaban J connectivity index is 1.50. The highest BCUT2D eigenvalue weighted by molar-refractivity contribution is 6.00. The first-order valence-corrected chi connectivity index (χ1v) is 9.61. The molecule has 0 radical (unpaired) electrons. The highest BCUT2D eigenvalue weighted by atomic mass is 16.5. The lowest BCUT2D eigenvalue weighted by atomic mass is 10.0. The van der Waals surface area contributed by atoms with Crippen molar-refractivity contribution in [1.29, 1.82) is 0 Å². The summed E-state index contributed by atoms with van der Waals surface area (Å²) < 4.78 is 11.5. The molecule has 0 spiro atoms. The number of likely N-dealkylation sites (tertiary alicyclic amines) is 1. The number of aromatic nitrogens is 1. The monoisotopic (exact) mass is 378 g/mol. The summed E-state index contributed by atoms with van der Waals surface area (Å²) in [6.07, 6.45) is 0.841. The normalized spacial score (nSPS) is 18.5. The van der Waals surface area contributed by atoms with Crippen molar-refractivity contribution in [3.8, 4) is 5.75 Å². The van der Waals surface area contributed by atoms with Crippen LogP contribution in [0.15, 0.2) is 54.6 Å². The number of methoxy groups -OCH3 is 1. The number of nitrogens with zero attached hydrogens (tertiary/aromatic N) is 1. The molecule has 4 rings (SSSR count). The van der Waals surface area contributed by atoms with Crippen LogP contribution in [-0.4, -0.2) is 41.1 Å². The number of ether oxygens (including phenoxy) is 2. The van der Waals surface area contributed by atoms with E-state index in [-0.39, 0.29) is 17.6 Å². The third-order valence-electron chi connectivity index (χ3n) is 5.49. The van der Waals surface area contributed by atoms with Crippen LogP contribution in [0.25, 0.3) is 10.9 Å². The molecule has 1 atom stereocenters. The summed E-state index contributed by atoms with van der Waals surface area (Å²) in [7, 11) is 1.64. The van der Waals surface area contributed by atoms with Gasteiger partial charge in [-0.15, -0.1) is 0 Å². The van der Waals surface area contributed by atoms with Gasteiger partial charge in [-0.25, -0.2) is 0 Å². The second-order valence-corrected chi connectivity index (χ2v) is 7.96. The number of H-pyrrole nitrogens is 1. The van der Waals surface area contributed by atoms with E-state index in [2.05, 4.69) is 31.0 Å². The van der Waals surface area contributed by atoms with Gasteiger partial charge in [0.05, 0.1) is 19.8 Å². The maximum Gasteiger partial charge on any atom is 0.270 e. The van der Waals surface area contributed by atoms with Gasteiger partial charge in [0.2, 0.25) is 0 Å². The molecule has 5 nitrogen and oxygen atoms in total. The number of fused-ring (bicyclic) bond motifs is 1. The molecule has 2 aromatic carbocycles. The van der Waals surface area contributed by atoms with Gasteiger partial charge in [-0.05, 0) is 44.0 Å². The molecule has 0 bridgehead atoms. The van der Waals surface area contributed by atoms with Crippen molar-refractivity contribution in [1.82, 2.24) is 9.88 Å². The number of carbonyl (C=O) groups is 1. The molecule has 146 valence electrons. The second-order valence-electron chi connectivity index (χ2n) is 7.96. The predicted octanol–water partition coefficient (Wildman–Crippen LogP) is 4.39. The number of hydrogen-bond donors (Lipinski definition) is 1. The van der Waals surface area contributed by atoms with Crippen LogP contribution in [0.1, 0.15) is 36.3 Å². The molecule has 1 aliphatic heterocycles. The van der Waals surface area contributed by atoms with Crippen LogP contribution in [0.2, 0.25) is 0 Å². The standard InChI is InChI=1S/C23H26N2O3/c1-23(2)13-17(28-15-16-8-5-4-6-9-16)14-25(23)22(26)20-12-18-19(24-20)10-7-11-21(18)27-3/h4-12,17,24H,13-15H2,1-3H3. The third kappa shape index (κ3) is 3.50. The summed E-state index contributed by atoms with van der Waals surface area (Å²) in [6, 6.07) is 17.8. The van der Waals surface area contributed by atoms with E-state index in [1.54, 1.807) is 7.11 Å². The van der Waals surface area contributed by atoms with E-state index < -0.39 is 0 Å². The number of hydrogen-bond acceptors (Lipinski definition) is 3. The second kappa shape index (κ2) is 7.32. The van der Waals surface area contributed by atoms with Crippen LogP contribution in [0.5, 0.6) is 5.75 Å². The lowest BCUT2D eigenvalue weighted by molar-refractivity contribution is 0.0436. The number of aromatic amines is 1. The zero-order valence-corrected chi connectivity index (χ0v) is 16.6. The average molecular weight is 378 g/mol. The fourth-order valence-corrected chi connectivity index (χ4v) is 4.01. The fourth-order valence-electron chi connectivity index (χ4n) is 4.01. The number of rotatable bonds is 5. The first-order valence-electron chi connectivity index (χ1n) is 9.61. The molecule has 1 aromatic heterocycles. The van der Waals surface area contributed by atoms with Gasteiger partial charge < -0.3 is 19.4 Å². The first kappa shape index (κ1) is 18.6. The Bertz CT molecular complexity index is 978. The summed E-state index contributed by atoms with van der Waals surface area (Å²) in [5, 5.41) is 0.919. The Morgan fingerprint density at radius 1 is 1.18 bits per heavy atom. The number of nitrogens with one attached hydrogen (secondary N) is 1. The molecule has 0 saturated carbocycles. The molecule has 1 aliphatic rings. The van der Waals surface area contributed by atoms with Crippen LogP contribution < -0.4 is 4.74 Å². The van der Waals surface area contributed by atoms with E-state index in [0.717, 1.165) is 28.6 Å². The number of amides is 1. The first-order chi connectivity index (χ1) is 13.5. The highest BCUT2D eigenvalue weighted by Crippen LogP contribution is 2.33. The quantitative estimate of drug-likeness (QED) is 0.717. The molecule has 28 heavy (non-hydrogen) atoms. The maximum atomic E-state index is 13.2. The number of carbonyl (C=O) groups excluding carboxylic acids is 1. The van der Waals surface area contributed by atoms with E-state index in [9.17, 15) is 4.79 Å². The molecule has 1 amide bonds. The van der Waals surface area contributed by atoms with Gasteiger partial charge in [0.25, 0.3) is 5.91 Å². The minimum Gasteiger partial charge on any atom is -0.496 e. The minimum absolute atomic E-state index is 0.00550. The van der Waals surface area contributed by atoms with Gasteiger partial charge >= 0.3 is 0 Å². The molecular formula is C23H26N2O3. The van der Waals surface area contributed by atoms with Crippen molar-refractivity contribution >= 4 is 16.8 Å². The Kier molecular flexibility index (Phi) is 4.85. The van der Waals surface area contributed by atoms with Gasteiger partial charge in [0.1, 0.15) is 11.4 Å². The average Bonchev–Trinajstić information content (AvgIpc) is 3.26. The van der Waals surface area contributed by atoms with Crippen molar-refractivity contribution in [2.75, 3.05) is 13.7 Å². The fraction of sp³-hybridized carbons (Fsp3) is 0.348. The molecule has 1 fully saturated rings. The van der Waals surface area contributed by atoms with E-state index in [0.29, 0.717) is 18.8 Å². The lowest BCUT2D eigenvalue weighted by Crippen LogP contribution is -2.42. The summed E-state index contributed by atoms with van der Waals surface area (Å²) in [5.41, 5.74) is 2.36. The topological polar surface area (TPSA) is 54.6 Å². The van der Waals surface area contributed by atoms with E-state index in [1.165, 1.54) is 0 Å². The number of benzene rings is 2. The van der Waals surface area contributed by atoms with Gasteiger partial charge in [0.15, 0.2) is 0 Å². The van der Waals surface area contributed by atoms with Gasteiger partial charge in [-0.3, -0.25) is 4.79 Å². The van der Waals surface area contributed by atoms with Gasteiger partial charge in [-0.2, -0.15) is 0 Å². The Morgan fingerprint density at radius 2 is 1.96 bits per heavy atom. The summed E-state index contributed by atoms with van der Waals surface area (Å²) in [4.78, 5) is 18.4.